The summed E-state index contributed by atoms with van der Waals surface area (Å²) in [4.78, 5) is 0. The second-order valence-corrected chi connectivity index (χ2v) is 12.6. The molecule has 0 unspecified atom stereocenters. The van der Waals surface area contributed by atoms with Gasteiger partial charge in [0, 0.05) is 6.42 Å². The topological polar surface area (TPSA) is 8.81 Å². The molecule has 38 heavy (non-hydrogen) atoms. The van der Waals surface area contributed by atoms with Gasteiger partial charge in [0.15, 0.2) is 0 Å². The van der Waals surface area contributed by atoms with Gasteiger partial charge in [-0.15, -0.1) is 0 Å². The summed E-state index contributed by atoms with van der Waals surface area (Å²) in [5, 5.41) is 0. The van der Waals surface area contributed by atoms with Crippen molar-refractivity contribution < 1.29 is 4.57 Å². The van der Waals surface area contributed by atoms with Gasteiger partial charge in [0.1, 0.15) is 12.4 Å². The van der Waals surface area contributed by atoms with Gasteiger partial charge in [-0.25, -0.2) is 9.13 Å². The van der Waals surface area contributed by atoms with E-state index in [4.69, 9.17) is 0 Å². The number of hydrogen-bond acceptors (Lipinski definition) is 0. The van der Waals surface area contributed by atoms with Gasteiger partial charge in [0.05, 0.1) is 12.6 Å². The Morgan fingerprint density at radius 1 is 0.500 bits per heavy atom. The minimum absolute atomic E-state index is 0.570. The molecule has 0 bridgehead atoms. The largest absolute Gasteiger partial charge is 0.256 e. The van der Waals surface area contributed by atoms with E-state index in [1.54, 1.807) is 5.82 Å². The molecular weight excluding hydrogens is 460 g/mol. The van der Waals surface area contributed by atoms with Crippen molar-refractivity contribution in [2.24, 2.45) is 0 Å². The molecule has 0 spiro atoms. The second-order valence-electron chi connectivity index (χ2n) is 12.6. The lowest BCUT2D eigenvalue weighted by Gasteiger charge is -2.08. The molecule has 2 nitrogen and oxygen atoms in total. The Morgan fingerprint density at radius 2 is 0.842 bits per heavy atom. The highest BCUT2D eigenvalue weighted by molar-refractivity contribution is 4.86. The summed E-state index contributed by atoms with van der Waals surface area (Å²) in [6, 6.07) is 0.570. The second kappa shape index (κ2) is 26.4. The quantitative estimate of drug-likeness (QED) is 0.0717. The Balaban J connectivity index is 2.03. The monoisotopic (exact) mass is 532 g/mol. The molecule has 0 amide bonds. The van der Waals surface area contributed by atoms with Gasteiger partial charge >= 0.3 is 0 Å². The molecule has 1 aromatic heterocycles. The van der Waals surface area contributed by atoms with E-state index in [0.29, 0.717) is 6.04 Å². The number of aromatic nitrogens is 2. The molecule has 0 fully saturated rings. The molecule has 1 aromatic rings. The molecule has 224 valence electrons. The highest BCUT2D eigenvalue weighted by Crippen LogP contribution is 2.16. The lowest BCUT2D eigenvalue weighted by Crippen LogP contribution is -2.37. The van der Waals surface area contributed by atoms with E-state index in [0.717, 1.165) is 0 Å². The van der Waals surface area contributed by atoms with Crippen LogP contribution in [0.4, 0.5) is 0 Å². The maximum absolute atomic E-state index is 2.58. The van der Waals surface area contributed by atoms with Crippen LogP contribution in [0.5, 0.6) is 0 Å². The number of aryl methyl sites for hydroxylation is 1. The number of rotatable bonds is 29. The summed E-state index contributed by atoms with van der Waals surface area (Å²) in [5.74, 6) is 1.57. The van der Waals surface area contributed by atoms with Crippen LogP contribution in [0.25, 0.3) is 0 Å². The van der Waals surface area contributed by atoms with Gasteiger partial charge in [-0.2, -0.15) is 0 Å². The lowest BCUT2D eigenvalue weighted by atomic mass is 10.0. The molecule has 0 aliphatic carbocycles. The maximum Gasteiger partial charge on any atom is 0.256 e. The third-order valence-corrected chi connectivity index (χ3v) is 8.60. The molecule has 0 aliphatic heterocycles. The molecule has 0 aliphatic rings. The van der Waals surface area contributed by atoms with Crippen LogP contribution in [-0.2, 0) is 13.0 Å². The van der Waals surface area contributed by atoms with Crippen molar-refractivity contribution in [3.8, 4) is 0 Å². The van der Waals surface area contributed by atoms with E-state index < -0.39 is 0 Å². The van der Waals surface area contributed by atoms with E-state index in [-0.39, 0.29) is 0 Å². The number of imidazole rings is 1. The number of unbranched alkanes of at least 4 members (excludes halogenated alkanes) is 24. The first-order valence-corrected chi connectivity index (χ1v) is 17.8. The van der Waals surface area contributed by atoms with Crippen LogP contribution < -0.4 is 4.57 Å². The van der Waals surface area contributed by atoms with Crippen LogP contribution in [0.15, 0.2) is 12.4 Å². The average molecular weight is 532 g/mol. The lowest BCUT2D eigenvalue weighted by molar-refractivity contribution is -0.704. The minimum Gasteiger partial charge on any atom is -0.234 e. The Hall–Kier alpha value is -0.790. The van der Waals surface area contributed by atoms with Gasteiger partial charge in [-0.05, 0) is 33.1 Å². The van der Waals surface area contributed by atoms with Gasteiger partial charge in [0.25, 0.3) is 5.82 Å². The molecule has 0 radical (unpaired) electrons. The van der Waals surface area contributed by atoms with Crippen molar-refractivity contribution in [3.05, 3.63) is 18.2 Å². The van der Waals surface area contributed by atoms with E-state index >= 15 is 0 Å². The predicted octanol–water partition coefficient (Wildman–Crippen LogP) is 12.1. The normalized spacial score (nSPS) is 11.7. The third kappa shape index (κ3) is 19.3. The zero-order valence-electron chi connectivity index (χ0n) is 26.9. The average Bonchev–Trinajstić information content (AvgIpc) is 3.32. The molecule has 0 saturated heterocycles. The van der Waals surface area contributed by atoms with Gasteiger partial charge in [-0.1, -0.05) is 162 Å². The Kier molecular flexibility index (Phi) is 24.5. The van der Waals surface area contributed by atoms with Crippen LogP contribution in [0.3, 0.4) is 0 Å². The van der Waals surface area contributed by atoms with E-state index in [2.05, 4.69) is 49.2 Å². The number of hydrogen-bond donors (Lipinski definition) is 0. The SMILES string of the molecule is CCCCCCCCCCCCCCCCCCC[n+]1ccn(C(C)C)c1CCCCCCCCCCC. The molecule has 1 rings (SSSR count). The van der Waals surface area contributed by atoms with Gasteiger partial charge in [0.2, 0.25) is 0 Å². The predicted molar refractivity (Wildman–Crippen MR) is 170 cm³/mol. The fourth-order valence-electron chi connectivity index (χ4n) is 6.02. The van der Waals surface area contributed by atoms with E-state index in [1.165, 1.54) is 180 Å². The van der Waals surface area contributed by atoms with Crippen LogP contribution in [0.1, 0.15) is 207 Å². The van der Waals surface area contributed by atoms with Crippen LogP contribution in [-0.4, -0.2) is 4.57 Å². The van der Waals surface area contributed by atoms with Crippen molar-refractivity contribution in [1.29, 1.82) is 0 Å². The molecule has 2 heteroatoms. The van der Waals surface area contributed by atoms with E-state index in [9.17, 15) is 0 Å². The Bertz CT molecular complexity index is 602. The first-order valence-electron chi connectivity index (χ1n) is 17.8. The van der Waals surface area contributed by atoms with Crippen LogP contribution >= 0.6 is 0 Å². The van der Waals surface area contributed by atoms with Crippen LogP contribution in [0.2, 0.25) is 0 Å². The Morgan fingerprint density at radius 3 is 1.21 bits per heavy atom. The van der Waals surface area contributed by atoms with Crippen molar-refractivity contribution in [2.75, 3.05) is 0 Å². The van der Waals surface area contributed by atoms with Crippen LogP contribution in [0, 0.1) is 0 Å². The smallest absolute Gasteiger partial charge is 0.234 e. The zero-order valence-corrected chi connectivity index (χ0v) is 26.9. The first-order chi connectivity index (χ1) is 18.7. The summed E-state index contributed by atoms with van der Waals surface area (Å²) >= 11 is 0. The minimum atomic E-state index is 0.570. The van der Waals surface area contributed by atoms with Crippen molar-refractivity contribution in [1.82, 2.24) is 4.57 Å². The molecular formula is C36H71N2+. The van der Waals surface area contributed by atoms with Crippen molar-refractivity contribution >= 4 is 0 Å². The standard InChI is InChI=1S/C36H71N2/c1-5-7-9-11-13-15-16-17-18-19-20-21-22-24-26-28-30-32-37-33-34-38(35(3)4)36(37)31-29-27-25-23-14-12-10-8-6-2/h33-35H,5-32H2,1-4H3/q+1. The zero-order chi connectivity index (χ0) is 27.5. The molecule has 0 atom stereocenters. The Labute approximate surface area is 240 Å². The summed E-state index contributed by atoms with van der Waals surface area (Å²) in [7, 11) is 0. The van der Waals surface area contributed by atoms with E-state index in [1.807, 2.05) is 0 Å². The third-order valence-electron chi connectivity index (χ3n) is 8.60. The highest BCUT2D eigenvalue weighted by Gasteiger charge is 2.18. The fraction of sp³-hybridized carbons (Fsp3) is 0.917. The molecule has 1 heterocycles. The summed E-state index contributed by atoms with van der Waals surface area (Å²) in [6.07, 6.45) is 43.3. The summed E-state index contributed by atoms with van der Waals surface area (Å²) in [6.45, 7) is 10.5. The van der Waals surface area contributed by atoms with Gasteiger partial charge in [-0.3, -0.25) is 0 Å². The van der Waals surface area contributed by atoms with Gasteiger partial charge < -0.3 is 0 Å². The summed E-state index contributed by atoms with van der Waals surface area (Å²) in [5.41, 5.74) is 0. The highest BCUT2D eigenvalue weighted by atomic mass is 15.2. The number of nitrogens with zero attached hydrogens (tertiary/aromatic N) is 2. The molecule has 0 aromatic carbocycles. The first kappa shape index (κ1) is 35.2. The molecule has 0 N–H and O–H groups in total. The van der Waals surface area contributed by atoms with Crippen molar-refractivity contribution in [2.45, 2.75) is 214 Å². The summed E-state index contributed by atoms with van der Waals surface area (Å²) < 4.78 is 5.11. The molecule has 0 saturated carbocycles. The maximum atomic E-state index is 2.58. The van der Waals surface area contributed by atoms with Crippen molar-refractivity contribution in [3.63, 3.8) is 0 Å². The fourth-order valence-corrected chi connectivity index (χ4v) is 6.02.